The maximum absolute atomic E-state index is 11.1. The SMILES string of the molecule is CCC(=O)O[C@H](C#N)c1cccc(C)c1. The highest BCUT2D eigenvalue weighted by Gasteiger charge is 2.14. The van der Waals surface area contributed by atoms with Crippen molar-refractivity contribution in [3.63, 3.8) is 0 Å². The highest BCUT2D eigenvalue weighted by atomic mass is 16.5. The molecule has 0 aromatic heterocycles. The van der Waals surface area contributed by atoms with Gasteiger partial charge in [-0.05, 0) is 6.92 Å². The van der Waals surface area contributed by atoms with Crippen molar-refractivity contribution in [2.75, 3.05) is 0 Å². The molecule has 0 unspecified atom stereocenters. The molecule has 0 spiro atoms. The van der Waals surface area contributed by atoms with E-state index in [0.29, 0.717) is 0 Å². The van der Waals surface area contributed by atoms with E-state index in [4.69, 9.17) is 10.00 Å². The molecule has 0 radical (unpaired) electrons. The number of hydrogen-bond acceptors (Lipinski definition) is 3. The molecule has 0 aliphatic rings. The Labute approximate surface area is 89.3 Å². The molecule has 1 aromatic carbocycles. The predicted octanol–water partition coefficient (Wildman–Crippen LogP) is 2.51. The summed E-state index contributed by atoms with van der Waals surface area (Å²) in [5, 5.41) is 8.89. The fourth-order valence-electron chi connectivity index (χ4n) is 1.22. The normalized spacial score (nSPS) is 11.5. The van der Waals surface area contributed by atoms with Crippen molar-refractivity contribution < 1.29 is 9.53 Å². The van der Waals surface area contributed by atoms with Gasteiger partial charge >= 0.3 is 5.97 Å². The van der Waals surface area contributed by atoms with Crippen LogP contribution in [0.4, 0.5) is 0 Å². The number of aryl methyl sites for hydroxylation is 1. The number of nitrogens with zero attached hydrogens (tertiary/aromatic N) is 1. The van der Waals surface area contributed by atoms with E-state index in [9.17, 15) is 4.79 Å². The van der Waals surface area contributed by atoms with Crippen LogP contribution in [-0.2, 0) is 9.53 Å². The number of hydrogen-bond donors (Lipinski definition) is 0. The van der Waals surface area contributed by atoms with Crippen molar-refractivity contribution in [2.45, 2.75) is 26.4 Å². The Balaban J connectivity index is 2.84. The van der Waals surface area contributed by atoms with Crippen LogP contribution in [0.2, 0.25) is 0 Å². The lowest BCUT2D eigenvalue weighted by molar-refractivity contribution is -0.146. The molecule has 0 amide bonds. The van der Waals surface area contributed by atoms with Crippen LogP contribution in [0.25, 0.3) is 0 Å². The first-order valence-electron chi connectivity index (χ1n) is 4.83. The summed E-state index contributed by atoms with van der Waals surface area (Å²) >= 11 is 0. The average Bonchev–Trinajstić information content (AvgIpc) is 2.25. The fraction of sp³-hybridized carbons (Fsp3) is 0.333. The molecule has 0 heterocycles. The summed E-state index contributed by atoms with van der Waals surface area (Å²) in [5.41, 5.74) is 1.76. The van der Waals surface area contributed by atoms with Crippen LogP contribution in [-0.4, -0.2) is 5.97 Å². The number of benzene rings is 1. The fourth-order valence-corrected chi connectivity index (χ4v) is 1.22. The molecule has 15 heavy (non-hydrogen) atoms. The molecule has 78 valence electrons. The molecular weight excluding hydrogens is 190 g/mol. The van der Waals surface area contributed by atoms with Crippen molar-refractivity contribution in [2.24, 2.45) is 0 Å². The van der Waals surface area contributed by atoms with Crippen molar-refractivity contribution in [1.29, 1.82) is 5.26 Å². The summed E-state index contributed by atoms with van der Waals surface area (Å²) in [7, 11) is 0. The lowest BCUT2D eigenvalue weighted by Crippen LogP contribution is -2.08. The molecule has 0 saturated carbocycles. The summed E-state index contributed by atoms with van der Waals surface area (Å²) in [6, 6.07) is 9.37. The smallest absolute Gasteiger partial charge is 0.307 e. The summed E-state index contributed by atoms with van der Waals surface area (Å²) in [5.74, 6) is -0.358. The zero-order valence-corrected chi connectivity index (χ0v) is 8.86. The van der Waals surface area contributed by atoms with Crippen molar-refractivity contribution in [1.82, 2.24) is 0 Å². The molecule has 0 saturated heterocycles. The minimum absolute atomic E-state index is 0.282. The van der Waals surface area contributed by atoms with E-state index < -0.39 is 6.10 Å². The standard InChI is InChI=1S/C12H13NO2/c1-3-12(14)15-11(8-13)10-6-4-5-9(2)7-10/h4-7,11H,3H2,1-2H3/t11-/m1/s1. The molecule has 3 heteroatoms. The van der Waals surface area contributed by atoms with E-state index in [1.54, 1.807) is 13.0 Å². The van der Waals surface area contributed by atoms with Crippen LogP contribution in [0, 0.1) is 18.3 Å². The van der Waals surface area contributed by atoms with Gasteiger partial charge in [-0.25, -0.2) is 0 Å². The third-order valence-electron chi connectivity index (χ3n) is 2.00. The van der Waals surface area contributed by atoms with E-state index in [2.05, 4.69) is 0 Å². The molecule has 3 nitrogen and oxygen atoms in total. The third kappa shape index (κ3) is 3.10. The van der Waals surface area contributed by atoms with Crippen LogP contribution in [0.1, 0.15) is 30.6 Å². The lowest BCUT2D eigenvalue weighted by Gasteiger charge is -2.10. The van der Waals surface area contributed by atoms with Gasteiger partial charge in [-0.3, -0.25) is 4.79 Å². The van der Waals surface area contributed by atoms with E-state index in [1.165, 1.54) is 0 Å². The van der Waals surface area contributed by atoms with E-state index in [0.717, 1.165) is 11.1 Å². The van der Waals surface area contributed by atoms with Gasteiger partial charge in [-0.2, -0.15) is 5.26 Å². The third-order valence-corrected chi connectivity index (χ3v) is 2.00. The topological polar surface area (TPSA) is 50.1 Å². The van der Waals surface area contributed by atoms with Crippen LogP contribution >= 0.6 is 0 Å². The van der Waals surface area contributed by atoms with Crippen LogP contribution in [0.3, 0.4) is 0 Å². The molecule has 0 bridgehead atoms. The molecular formula is C12H13NO2. The van der Waals surface area contributed by atoms with Gasteiger partial charge in [-0.1, -0.05) is 36.8 Å². The Hall–Kier alpha value is -1.82. The molecule has 0 aliphatic carbocycles. The number of rotatable bonds is 3. The maximum atomic E-state index is 11.1. The molecule has 1 aromatic rings. The maximum Gasteiger partial charge on any atom is 0.307 e. The molecule has 0 N–H and O–H groups in total. The first-order chi connectivity index (χ1) is 7.17. The summed E-state index contributed by atoms with van der Waals surface area (Å²) in [6.45, 7) is 3.63. The summed E-state index contributed by atoms with van der Waals surface area (Å²) in [6.07, 6.45) is -0.512. The van der Waals surface area contributed by atoms with Crippen molar-refractivity contribution >= 4 is 5.97 Å². The number of carbonyl (C=O) groups is 1. The highest BCUT2D eigenvalue weighted by Crippen LogP contribution is 2.18. The zero-order chi connectivity index (χ0) is 11.3. The van der Waals surface area contributed by atoms with Gasteiger partial charge in [0.05, 0.1) is 0 Å². The largest absolute Gasteiger partial charge is 0.442 e. The van der Waals surface area contributed by atoms with Gasteiger partial charge in [0.15, 0.2) is 0 Å². The summed E-state index contributed by atoms with van der Waals surface area (Å²) < 4.78 is 4.99. The second kappa shape index (κ2) is 5.16. The number of carbonyl (C=O) groups excluding carboxylic acids is 1. The zero-order valence-electron chi connectivity index (χ0n) is 8.86. The van der Waals surface area contributed by atoms with Crippen molar-refractivity contribution in [3.05, 3.63) is 35.4 Å². The van der Waals surface area contributed by atoms with Gasteiger partial charge in [0.25, 0.3) is 0 Å². The first kappa shape index (κ1) is 11.3. The quantitative estimate of drug-likeness (QED) is 0.709. The van der Waals surface area contributed by atoms with E-state index >= 15 is 0 Å². The van der Waals surface area contributed by atoms with Crippen LogP contribution < -0.4 is 0 Å². The highest BCUT2D eigenvalue weighted by molar-refractivity contribution is 5.69. The predicted molar refractivity (Wildman–Crippen MR) is 55.9 cm³/mol. The summed E-state index contributed by atoms with van der Waals surface area (Å²) in [4.78, 5) is 11.1. The van der Waals surface area contributed by atoms with Gasteiger partial charge in [-0.15, -0.1) is 0 Å². The minimum Gasteiger partial charge on any atom is -0.442 e. The van der Waals surface area contributed by atoms with Crippen LogP contribution in [0.5, 0.6) is 0 Å². The Kier molecular flexibility index (Phi) is 3.87. The van der Waals surface area contributed by atoms with E-state index in [1.807, 2.05) is 31.2 Å². The monoisotopic (exact) mass is 203 g/mol. The Morgan fingerprint density at radius 2 is 2.33 bits per heavy atom. The number of nitriles is 1. The second-order valence-electron chi connectivity index (χ2n) is 3.27. The van der Waals surface area contributed by atoms with Gasteiger partial charge in [0.2, 0.25) is 6.10 Å². The Bertz CT molecular complexity index is 393. The van der Waals surface area contributed by atoms with Gasteiger partial charge in [0.1, 0.15) is 6.07 Å². The number of ether oxygens (including phenoxy) is 1. The number of esters is 1. The van der Waals surface area contributed by atoms with E-state index in [-0.39, 0.29) is 12.4 Å². The van der Waals surface area contributed by atoms with Crippen molar-refractivity contribution in [3.8, 4) is 6.07 Å². The van der Waals surface area contributed by atoms with Crippen LogP contribution in [0.15, 0.2) is 24.3 Å². The average molecular weight is 203 g/mol. The molecule has 1 rings (SSSR count). The van der Waals surface area contributed by atoms with Gasteiger partial charge < -0.3 is 4.74 Å². The second-order valence-corrected chi connectivity index (χ2v) is 3.27. The Morgan fingerprint density at radius 3 is 2.87 bits per heavy atom. The first-order valence-corrected chi connectivity index (χ1v) is 4.83. The molecule has 1 atom stereocenters. The molecule has 0 aliphatic heterocycles. The lowest BCUT2D eigenvalue weighted by atomic mass is 10.1. The van der Waals surface area contributed by atoms with Gasteiger partial charge in [0, 0.05) is 12.0 Å². The Morgan fingerprint density at radius 1 is 1.60 bits per heavy atom. The molecule has 0 fully saturated rings. The minimum atomic E-state index is -0.794.